The van der Waals surface area contributed by atoms with Crippen LogP contribution in [0.5, 0.6) is 5.75 Å². The monoisotopic (exact) mass is 656 g/mol. The lowest BCUT2D eigenvalue weighted by Gasteiger charge is -2.11. The van der Waals surface area contributed by atoms with E-state index in [9.17, 15) is 4.79 Å². The third-order valence-corrected chi connectivity index (χ3v) is 6.48. The second-order valence-electron chi connectivity index (χ2n) is 7.20. The highest BCUT2D eigenvalue weighted by atomic mass is 127. The van der Waals surface area contributed by atoms with Crippen molar-refractivity contribution >= 4 is 84.8 Å². The molecule has 0 unspecified atom stereocenters. The van der Waals surface area contributed by atoms with E-state index < -0.39 is 5.91 Å². The smallest absolute Gasteiger partial charge is 0.307 e. The SMILES string of the molecule is Cc1ccc(COc2c(Cl)cc(/C=N\NC(=O)c3cc4cc(Br)cc(I)c4o3)cc2Cl)cc1. The van der Waals surface area contributed by atoms with Crippen molar-refractivity contribution in [2.75, 3.05) is 0 Å². The van der Waals surface area contributed by atoms with Gasteiger partial charge < -0.3 is 9.15 Å². The van der Waals surface area contributed by atoms with Crippen LogP contribution in [0.15, 0.2) is 68.6 Å². The Balaban J connectivity index is 1.42. The standard InChI is InChI=1S/C24H16BrCl2IN2O3/c1-13-2-4-14(5-3-13)12-32-23-18(26)6-15(7-19(23)27)11-29-30-24(31)21-9-16-8-17(25)10-20(28)22(16)33-21/h2-11H,12H2,1H3,(H,30,31)/b29-11-. The summed E-state index contributed by atoms with van der Waals surface area (Å²) in [6.45, 7) is 2.37. The predicted molar refractivity (Wildman–Crippen MR) is 144 cm³/mol. The van der Waals surface area contributed by atoms with Gasteiger partial charge in [-0.1, -0.05) is 69.0 Å². The van der Waals surface area contributed by atoms with Crippen LogP contribution in [0.2, 0.25) is 10.0 Å². The number of amides is 1. The fraction of sp³-hybridized carbons (Fsp3) is 0.0833. The zero-order valence-electron chi connectivity index (χ0n) is 17.2. The largest absolute Gasteiger partial charge is 0.486 e. The number of hydrogen-bond acceptors (Lipinski definition) is 4. The van der Waals surface area contributed by atoms with E-state index in [1.807, 2.05) is 43.3 Å². The summed E-state index contributed by atoms with van der Waals surface area (Å²) in [5.74, 6) is 0.0850. The lowest BCUT2D eigenvalue weighted by molar-refractivity contribution is 0.0929. The number of aryl methyl sites for hydroxylation is 1. The quantitative estimate of drug-likeness (QED) is 0.131. The molecule has 1 heterocycles. The highest BCUT2D eigenvalue weighted by molar-refractivity contribution is 14.1. The summed E-state index contributed by atoms with van der Waals surface area (Å²) in [6, 6.07) is 16.8. The van der Waals surface area contributed by atoms with Crippen LogP contribution in [-0.2, 0) is 6.61 Å². The van der Waals surface area contributed by atoms with Gasteiger partial charge in [-0.15, -0.1) is 0 Å². The van der Waals surface area contributed by atoms with Crippen molar-refractivity contribution in [2.24, 2.45) is 5.10 Å². The van der Waals surface area contributed by atoms with Gasteiger partial charge in [-0.25, -0.2) is 5.43 Å². The van der Waals surface area contributed by atoms with Gasteiger partial charge in [0.1, 0.15) is 12.2 Å². The Bertz CT molecular complexity index is 1350. The van der Waals surface area contributed by atoms with Crippen molar-refractivity contribution in [3.63, 3.8) is 0 Å². The van der Waals surface area contributed by atoms with Crippen molar-refractivity contribution in [1.82, 2.24) is 5.43 Å². The van der Waals surface area contributed by atoms with E-state index in [1.165, 1.54) is 11.8 Å². The number of rotatable bonds is 6. The maximum atomic E-state index is 12.4. The molecule has 1 amide bonds. The Labute approximate surface area is 222 Å². The lowest BCUT2D eigenvalue weighted by Crippen LogP contribution is -2.16. The molecule has 0 bridgehead atoms. The van der Waals surface area contributed by atoms with Crippen LogP contribution in [0.1, 0.15) is 27.2 Å². The number of nitrogens with one attached hydrogen (secondary N) is 1. The molecule has 1 N–H and O–H groups in total. The summed E-state index contributed by atoms with van der Waals surface area (Å²) in [4.78, 5) is 12.4. The summed E-state index contributed by atoms with van der Waals surface area (Å²) in [6.07, 6.45) is 1.45. The number of carbonyl (C=O) groups is 1. The Morgan fingerprint density at radius 1 is 1.15 bits per heavy atom. The first-order valence-electron chi connectivity index (χ1n) is 9.69. The van der Waals surface area contributed by atoms with Gasteiger partial charge in [-0.2, -0.15) is 5.10 Å². The molecule has 0 aliphatic rings. The number of hydrazone groups is 1. The summed E-state index contributed by atoms with van der Waals surface area (Å²) < 4.78 is 13.3. The van der Waals surface area contributed by atoms with Gasteiger partial charge in [0.2, 0.25) is 0 Å². The Kier molecular flexibility index (Phi) is 7.63. The van der Waals surface area contributed by atoms with Crippen LogP contribution in [0.3, 0.4) is 0 Å². The molecular weight excluding hydrogens is 642 g/mol. The second kappa shape index (κ2) is 10.5. The number of nitrogens with zero attached hydrogens (tertiary/aromatic N) is 1. The van der Waals surface area contributed by atoms with Crippen LogP contribution >= 0.6 is 61.7 Å². The van der Waals surface area contributed by atoms with E-state index in [-0.39, 0.29) is 5.76 Å². The molecular formula is C24H16BrCl2IN2O3. The zero-order chi connectivity index (χ0) is 23.5. The number of halogens is 4. The molecule has 0 spiro atoms. The molecule has 0 aliphatic carbocycles. The van der Waals surface area contributed by atoms with Crippen molar-refractivity contribution in [1.29, 1.82) is 0 Å². The van der Waals surface area contributed by atoms with E-state index in [4.69, 9.17) is 32.4 Å². The minimum Gasteiger partial charge on any atom is -0.486 e. The first kappa shape index (κ1) is 24.1. The van der Waals surface area contributed by atoms with Crippen LogP contribution in [0.4, 0.5) is 0 Å². The second-order valence-corrected chi connectivity index (χ2v) is 10.1. The van der Waals surface area contributed by atoms with Crippen molar-refractivity contribution in [3.8, 4) is 5.75 Å². The summed E-state index contributed by atoms with van der Waals surface area (Å²) >= 11 is 18.3. The maximum absolute atomic E-state index is 12.4. The first-order valence-corrected chi connectivity index (χ1v) is 12.3. The molecule has 33 heavy (non-hydrogen) atoms. The minimum absolute atomic E-state index is 0.161. The number of furan rings is 1. The van der Waals surface area contributed by atoms with Crippen LogP contribution in [0, 0.1) is 10.5 Å². The average Bonchev–Trinajstić information content (AvgIpc) is 3.19. The first-order chi connectivity index (χ1) is 15.8. The van der Waals surface area contributed by atoms with Gasteiger partial charge in [0.05, 0.1) is 19.8 Å². The number of ether oxygens (including phenoxy) is 1. The van der Waals surface area contributed by atoms with Crippen LogP contribution in [0.25, 0.3) is 11.0 Å². The number of fused-ring (bicyclic) bond motifs is 1. The molecule has 0 saturated heterocycles. The molecule has 0 radical (unpaired) electrons. The molecule has 1 aromatic heterocycles. The van der Waals surface area contributed by atoms with Gasteiger partial charge in [0.15, 0.2) is 11.5 Å². The summed E-state index contributed by atoms with van der Waals surface area (Å²) in [5.41, 5.74) is 5.89. The van der Waals surface area contributed by atoms with Gasteiger partial charge in [-0.05, 0) is 71.0 Å². The number of carbonyl (C=O) groups excluding carboxylic acids is 1. The zero-order valence-corrected chi connectivity index (χ0v) is 22.4. The van der Waals surface area contributed by atoms with Crippen molar-refractivity contribution in [3.05, 3.63) is 95.1 Å². The molecule has 4 rings (SSSR count). The highest BCUT2D eigenvalue weighted by Crippen LogP contribution is 2.34. The van der Waals surface area contributed by atoms with E-state index in [0.29, 0.717) is 33.5 Å². The molecule has 0 atom stereocenters. The molecule has 168 valence electrons. The van der Waals surface area contributed by atoms with E-state index in [0.717, 1.165) is 19.0 Å². The topological polar surface area (TPSA) is 63.8 Å². The number of hydrogen-bond donors (Lipinski definition) is 1. The van der Waals surface area contributed by atoms with Gasteiger partial charge in [-0.3, -0.25) is 4.79 Å². The fourth-order valence-electron chi connectivity index (χ4n) is 3.04. The van der Waals surface area contributed by atoms with Crippen LogP contribution < -0.4 is 10.2 Å². The predicted octanol–water partition coefficient (Wildman–Crippen LogP) is 7.76. The fourth-order valence-corrected chi connectivity index (χ4v) is 5.31. The van der Waals surface area contributed by atoms with Gasteiger partial charge in [0.25, 0.3) is 0 Å². The molecule has 0 fully saturated rings. The van der Waals surface area contributed by atoms with E-state index >= 15 is 0 Å². The molecule has 0 aliphatic heterocycles. The Hall–Kier alpha value is -2.07. The third kappa shape index (κ3) is 5.90. The maximum Gasteiger partial charge on any atom is 0.307 e. The van der Waals surface area contributed by atoms with E-state index in [2.05, 4.69) is 49.0 Å². The molecule has 4 aromatic rings. The van der Waals surface area contributed by atoms with Crippen molar-refractivity contribution in [2.45, 2.75) is 13.5 Å². The number of benzene rings is 3. The summed E-state index contributed by atoms with van der Waals surface area (Å²) in [5, 5.41) is 5.50. The molecule has 9 heteroatoms. The average molecular weight is 658 g/mol. The molecule has 5 nitrogen and oxygen atoms in total. The van der Waals surface area contributed by atoms with Crippen LogP contribution in [-0.4, -0.2) is 12.1 Å². The highest BCUT2D eigenvalue weighted by Gasteiger charge is 2.14. The third-order valence-electron chi connectivity index (χ3n) is 4.66. The van der Waals surface area contributed by atoms with Gasteiger partial charge in [0, 0.05) is 9.86 Å². The Morgan fingerprint density at radius 3 is 2.55 bits per heavy atom. The molecule has 0 saturated carbocycles. The van der Waals surface area contributed by atoms with Gasteiger partial charge >= 0.3 is 5.91 Å². The lowest BCUT2D eigenvalue weighted by atomic mass is 10.2. The minimum atomic E-state index is -0.468. The van der Waals surface area contributed by atoms with E-state index in [1.54, 1.807) is 18.2 Å². The van der Waals surface area contributed by atoms with Crippen molar-refractivity contribution < 1.29 is 13.9 Å². The molecule has 3 aromatic carbocycles. The normalized spacial score (nSPS) is 11.3. The Morgan fingerprint density at radius 2 is 1.85 bits per heavy atom. The summed E-state index contributed by atoms with van der Waals surface area (Å²) in [7, 11) is 0.